The molecule has 15 rings (SSSR count). The van der Waals surface area contributed by atoms with E-state index in [1.165, 1.54) is 66.4 Å². The van der Waals surface area contributed by atoms with Gasteiger partial charge in [-0.2, -0.15) is 0 Å². The standard InChI is InChI=1S/C66H41NO2/c1-2-16-42(17-3-1)43-30-33-45(34-31-43)67(47-35-37-50-49-20-6-7-21-52(49)66(59(50)41-47)56-24-10-14-28-62(56)69-63-29-15-11-25-57(63)66)46-36-39-53-51(40-46)64-48-19-5-4-18-44(48)32-38-58(64)65(53)54-22-8-12-26-60(54)68-61-27-13-9-23-55(61)65/h1-41H. The van der Waals surface area contributed by atoms with Crippen molar-refractivity contribution in [2.24, 2.45) is 0 Å². The lowest BCUT2D eigenvalue weighted by molar-refractivity contribution is 0.436. The molecule has 0 unspecified atom stereocenters. The molecular formula is C66H41NO2. The normalized spacial score (nSPS) is 14.3. The largest absolute Gasteiger partial charge is 0.457 e. The zero-order chi connectivity index (χ0) is 45.3. The minimum Gasteiger partial charge on any atom is -0.457 e. The maximum Gasteiger partial charge on any atom is 0.132 e. The van der Waals surface area contributed by atoms with Crippen LogP contribution in [-0.2, 0) is 10.8 Å². The summed E-state index contributed by atoms with van der Waals surface area (Å²) in [4.78, 5) is 2.46. The van der Waals surface area contributed by atoms with Gasteiger partial charge in [0, 0.05) is 39.3 Å². The number of nitrogens with zero attached hydrogens (tertiary/aromatic N) is 1. The van der Waals surface area contributed by atoms with Crippen LogP contribution in [0.3, 0.4) is 0 Å². The number of rotatable bonds is 4. The molecule has 3 heteroatoms. The first-order chi connectivity index (χ1) is 34.2. The van der Waals surface area contributed by atoms with Gasteiger partial charge in [0.05, 0.1) is 10.8 Å². The van der Waals surface area contributed by atoms with Gasteiger partial charge in [0.2, 0.25) is 0 Å². The van der Waals surface area contributed by atoms with Crippen LogP contribution in [0.15, 0.2) is 249 Å². The number of para-hydroxylation sites is 4. The monoisotopic (exact) mass is 879 g/mol. The molecule has 0 fully saturated rings. The zero-order valence-corrected chi connectivity index (χ0v) is 37.4. The van der Waals surface area contributed by atoms with Gasteiger partial charge < -0.3 is 14.4 Å². The molecule has 0 bridgehead atoms. The highest BCUT2D eigenvalue weighted by Crippen LogP contribution is 2.65. The van der Waals surface area contributed by atoms with Crippen molar-refractivity contribution in [3.63, 3.8) is 0 Å². The van der Waals surface area contributed by atoms with Crippen LogP contribution in [0.4, 0.5) is 17.1 Å². The Morgan fingerprint density at radius 1 is 0.275 bits per heavy atom. The zero-order valence-electron chi connectivity index (χ0n) is 37.4. The van der Waals surface area contributed by atoms with Gasteiger partial charge in [-0.3, -0.25) is 0 Å². The maximum absolute atomic E-state index is 6.74. The highest BCUT2D eigenvalue weighted by Gasteiger charge is 2.53. The van der Waals surface area contributed by atoms with Crippen molar-refractivity contribution in [1.29, 1.82) is 0 Å². The van der Waals surface area contributed by atoms with Crippen molar-refractivity contribution in [2.45, 2.75) is 10.8 Å². The van der Waals surface area contributed by atoms with E-state index < -0.39 is 10.8 Å². The molecule has 0 saturated carbocycles. The molecule has 0 N–H and O–H groups in total. The predicted octanol–water partition coefficient (Wildman–Crippen LogP) is 16.9. The molecule has 69 heavy (non-hydrogen) atoms. The molecule has 0 aromatic heterocycles. The number of hydrogen-bond acceptors (Lipinski definition) is 3. The topological polar surface area (TPSA) is 21.7 Å². The second-order valence-corrected chi connectivity index (χ2v) is 18.7. The summed E-state index contributed by atoms with van der Waals surface area (Å²) in [5.41, 5.74) is 18.9. The molecule has 2 spiro atoms. The Labute approximate surface area is 400 Å². The van der Waals surface area contributed by atoms with Gasteiger partial charge in [0.15, 0.2) is 0 Å². The quantitative estimate of drug-likeness (QED) is 0.176. The molecule has 11 aromatic rings. The minimum absolute atomic E-state index is 0.601. The average molecular weight is 880 g/mol. The molecule has 11 aromatic carbocycles. The van der Waals surface area contributed by atoms with Crippen LogP contribution in [0.25, 0.3) is 44.2 Å². The lowest BCUT2D eigenvalue weighted by atomic mass is 9.66. The fourth-order valence-corrected chi connectivity index (χ4v) is 12.7. The third kappa shape index (κ3) is 5.11. The summed E-state index contributed by atoms with van der Waals surface area (Å²) >= 11 is 0. The molecule has 3 nitrogen and oxygen atoms in total. The van der Waals surface area contributed by atoms with Crippen LogP contribution in [0, 0.1) is 0 Å². The second kappa shape index (κ2) is 14.3. The van der Waals surface area contributed by atoms with Crippen molar-refractivity contribution >= 4 is 27.8 Å². The van der Waals surface area contributed by atoms with E-state index in [1.807, 2.05) is 0 Å². The summed E-state index contributed by atoms with van der Waals surface area (Å²) in [5.74, 6) is 3.54. The first-order valence-electron chi connectivity index (χ1n) is 23.8. The van der Waals surface area contributed by atoms with Gasteiger partial charge in [-0.05, 0) is 127 Å². The Hall–Kier alpha value is -8.92. The van der Waals surface area contributed by atoms with E-state index in [0.29, 0.717) is 0 Å². The Kier molecular flexibility index (Phi) is 7.92. The molecule has 2 heterocycles. The predicted molar refractivity (Wildman–Crippen MR) is 279 cm³/mol. The molecule has 0 saturated heterocycles. The van der Waals surface area contributed by atoms with E-state index in [9.17, 15) is 0 Å². The highest BCUT2D eigenvalue weighted by atomic mass is 16.5. The van der Waals surface area contributed by atoms with Gasteiger partial charge >= 0.3 is 0 Å². The third-order valence-corrected chi connectivity index (χ3v) is 15.4. The highest BCUT2D eigenvalue weighted by molar-refractivity contribution is 6.05. The number of benzene rings is 11. The van der Waals surface area contributed by atoms with E-state index in [-0.39, 0.29) is 0 Å². The molecule has 2 aliphatic heterocycles. The van der Waals surface area contributed by atoms with Crippen molar-refractivity contribution in [1.82, 2.24) is 0 Å². The summed E-state index contributed by atoms with van der Waals surface area (Å²) in [6, 6.07) is 91.0. The SMILES string of the molecule is c1ccc(-c2ccc(N(c3ccc4c(c3)-c3c(ccc5ccccc35)C43c4ccccc4Oc4ccccc43)c3ccc4c(c3)C3(c5ccccc5Oc5ccccc53)c3ccccc3-4)cc2)cc1. The molecular weight excluding hydrogens is 839 g/mol. The Morgan fingerprint density at radius 2 is 0.725 bits per heavy atom. The van der Waals surface area contributed by atoms with Gasteiger partial charge in [-0.1, -0.05) is 188 Å². The summed E-state index contributed by atoms with van der Waals surface area (Å²) < 4.78 is 13.5. The van der Waals surface area contributed by atoms with Crippen LogP contribution in [0.5, 0.6) is 23.0 Å². The Balaban J connectivity index is 1.01. The van der Waals surface area contributed by atoms with Crippen molar-refractivity contribution in [2.75, 3.05) is 4.90 Å². The minimum atomic E-state index is -0.609. The van der Waals surface area contributed by atoms with Crippen molar-refractivity contribution < 1.29 is 9.47 Å². The lowest BCUT2D eigenvalue weighted by Gasteiger charge is -2.40. The van der Waals surface area contributed by atoms with Crippen LogP contribution in [0.1, 0.15) is 44.5 Å². The van der Waals surface area contributed by atoms with E-state index in [4.69, 9.17) is 9.47 Å². The Bertz CT molecular complexity index is 3830. The summed E-state index contributed by atoms with van der Waals surface area (Å²) in [5, 5.41) is 2.45. The average Bonchev–Trinajstić information content (AvgIpc) is 3.87. The van der Waals surface area contributed by atoms with Crippen LogP contribution >= 0.6 is 0 Å². The fraction of sp³-hybridized carbons (Fsp3) is 0.0303. The maximum atomic E-state index is 6.74. The van der Waals surface area contributed by atoms with Gasteiger partial charge in [-0.25, -0.2) is 0 Å². The van der Waals surface area contributed by atoms with E-state index in [1.54, 1.807) is 0 Å². The fourth-order valence-electron chi connectivity index (χ4n) is 12.7. The molecule has 0 radical (unpaired) electrons. The van der Waals surface area contributed by atoms with Crippen LogP contribution in [0.2, 0.25) is 0 Å². The Morgan fingerprint density at radius 3 is 1.38 bits per heavy atom. The molecule has 322 valence electrons. The lowest BCUT2D eigenvalue weighted by Crippen LogP contribution is -2.32. The number of ether oxygens (including phenoxy) is 2. The summed E-state index contributed by atoms with van der Waals surface area (Å²) in [6.07, 6.45) is 0. The van der Waals surface area contributed by atoms with Crippen molar-refractivity contribution in [3.05, 3.63) is 293 Å². The second-order valence-electron chi connectivity index (χ2n) is 18.7. The number of hydrogen-bond donors (Lipinski definition) is 0. The van der Waals surface area contributed by atoms with E-state index >= 15 is 0 Å². The first kappa shape index (κ1) is 38.2. The molecule has 0 amide bonds. The molecule has 0 atom stereocenters. The molecule has 4 aliphatic rings. The van der Waals surface area contributed by atoms with Crippen LogP contribution < -0.4 is 14.4 Å². The van der Waals surface area contributed by atoms with E-state index in [0.717, 1.165) is 62.3 Å². The summed E-state index contributed by atoms with van der Waals surface area (Å²) in [6.45, 7) is 0. The van der Waals surface area contributed by atoms with Gasteiger partial charge in [-0.15, -0.1) is 0 Å². The first-order valence-corrected chi connectivity index (χ1v) is 23.8. The van der Waals surface area contributed by atoms with Crippen LogP contribution in [-0.4, -0.2) is 0 Å². The summed E-state index contributed by atoms with van der Waals surface area (Å²) in [7, 11) is 0. The smallest absolute Gasteiger partial charge is 0.132 e. The molecule has 2 aliphatic carbocycles. The van der Waals surface area contributed by atoms with Gasteiger partial charge in [0.1, 0.15) is 23.0 Å². The number of anilines is 3. The third-order valence-electron chi connectivity index (χ3n) is 15.4. The number of fused-ring (bicyclic) bond motifs is 20. The van der Waals surface area contributed by atoms with E-state index in [2.05, 4.69) is 254 Å². The van der Waals surface area contributed by atoms with Crippen molar-refractivity contribution in [3.8, 4) is 56.4 Å². The van der Waals surface area contributed by atoms with Gasteiger partial charge in [0.25, 0.3) is 0 Å².